The topological polar surface area (TPSA) is 27.1 Å². The molecule has 0 spiro atoms. The smallest absolute Gasteiger partial charge is 0.178 e. The predicted octanol–water partition coefficient (Wildman–Crippen LogP) is 4.99. The van der Waals surface area contributed by atoms with Gasteiger partial charge in [-0.2, -0.15) is 4.73 Å². The molecule has 0 atom stereocenters. The van der Waals surface area contributed by atoms with Crippen LogP contribution in [0.1, 0.15) is 5.56 Å². The summed E-state index contributed by atoms with van der Waals surface area (Å²) in [7, 11) is 0. The average Bonchev–Trinajstić information content (AvgIpc) is 2.99. The summed E-state index contributed by atoms with van der Waals surface area (Å²) >= 11 is 6.37. The molecule has 118 valence electrons. The number of halogens is 1. The minimum Gasteiger partial charge on any atom is -0.407 e. The molecule has 1 aromatic heterocycles. The number of hydrogen-bond donors (Lipinski definition) is 0. The Balaban J connectivity index is 1.80. The fraction of sp³-hybridized carbons (Fsp3) is 0.0500. The van der Waals surface area contributed by atoms with Gasteiger partial charge >= 0.3 is 0 Å². The molecule has 0 saturated heterocycles. The molecule has 0 bridgehead atoms. The molecule has 0 saturated carbocycles. The molecule has 0 unspecified atom stereocenters. The normalized spacial score (nSPS) is 10.9. The van der Waals surface area contributed by atoms with E-state index in [0.29, 0.717) is 17.5 Å². The predicted molar refractivity (Wildman–Crippen MR) is 96.9 cm³/mol. The summed E-state index contributed by atoms with van der Waals surface area (Å²) in [4.78, 5) is 10.8. The summed E-state index contributed by atoms with van der Waals surface area (Å²) in [6, 6.07) is 25.6. The van der Waals surface area contributed by atoms with Crippen LogP contribution in [0.25, 0.3) is 22.4 Å². The molecule has 4 rings (SSSR count). The van der Waals surface area contributed by atoms with Gasteiger partial charge in [0.15, 0.2) is 5.82 Å². The van der Waals surface area contributed by atoms with Crippen molar-refractivity contribution in [3.05, 3.63) is 89.4 Å². The Morgan fingerprint density at radius 3 is 2.38 bits per heavy atom. The van der Waals surface area contributed by atoms with Gasteiger partial charge in [-0.3, -0.25) is 0 Å². The second kappa shape index (κ2) is 6.38. The first-order chi connectivity index (χ1) is 11.8. The molecule has 0 amide bonds. The van der Waals surface area contributed by atoms with Crippen LogP contribution in [0.3, 0.4) is 0 Å². The first-order valence-corrected chi connectivity index (χ1v) is 8.10. The van der Waals surface area contributed by atoms with E-state index < -0.39 is 0 Å². The number of fused-ring (bicyclic) bond motifs is 1. The van der Waals surface area contributed by atoms with Gasteiger partial charge in [0.25, 0.3) is 0 Å². The highest BCUT2D eigenvalue weighted by molar-refractivity contribution is 6.33. The van der Waals surface area contributed by atoms with Crippen LogP contribution < -0.4 is 4.84 Å². The van der Waals surface area contributed by atoms with Crippen molar-refractivity contribution < 1.29 is 4.84 Å². The summed E-state index contributed by atoms with van der Waals surface area (Å²) in [5, 5.41) is 0.650. The Bertz CT molecular complexity index is 979. The molecular formula is C20H15ClN2O. The molecule has 0 N–H and O–H groups in total. The lowest BCUT2D eigenvalue weighted by atomic mass is 10.2. The van der Waals surface area contributed by atoms with Gasteiger partial charge in [0.2, 0.25) is 0 Å². The molecule has 3 aromatic carbocycles. The third-order valence-corrected chi connectivity index (χ3v) is 4.17. The first-order valence-electron chi connectivity index (χ1n) is 7.72. The monoisotopic (exact) mass is 334 g/mol. The van der Waals surface area contributed by atoms with E-state index in [4.69, 9.17) is 21.4 Å². The Hall–Kier alpha value is -2.78. The third kappa shape index (κ3) is 2.74. The SMILES string of the molecule is Clc1ccccc1-c1nc2ccccc2n1OCc1ccccc1. The number of benzene rings is 3. The molecular weight excluding hydrogens is 320 g/mol. The lowest BCUT2D eigenvalue weighted by Crippen LogP contribution is -2.12. The number of aromatic nitrogens is 2. The van der Waals surface area contributed by atoms with Gasteiger partial charge in [-0.15, -0.1) is 0 Å². The van der Waals surface area contributed by atoms with Crippen molar-refractivity contribution in [1.82, 2.24) is 9.71 Å². The maximum atomic E-state index is 6.37. The molecule has 0 aliphatic carbocycles. The maximum absolute atomic E-state index is 6.37. The molecule has 0 fully saturated rings. The van der Waals surface area contributed by atoms with Crippen LogP contribution in [-0.4, -0.2) is 9.71 Å². The van der Waals surface area contributed by atoms with Crippen molar-refractivity contribution in [1.29, 1.82) is 0 Å². The largest absolute Gasteiger partial charge is 0.407 e. The highest BCUT2D eigenvalue weighted by atomic mass is 35.5. The zero-order valence-corrected chi connectivity index (χ0v) is 13.6. The lowest BCUT2D eigenvalue weighted by Gasteiger charge is -2.12. The highest BCUT2D eigenvalue weighted by Crippen LogP contribution is 2.29. The van der Waals surface area contributed by atoms with Crippen molar-refractivity contribution in [2.45, 2.75) is 6.61 Å². The van der Waals surface area contributed by atoms with Crippen molar-refractivity contribution >= 4 is 22.6 Å². The van der Waals surface area contributed by atoms with E-state index in [0.717, 1.165) is 22.2 Å². The van der Waals surface area contributed by atoms with Crippen LogP contribution in [0.2, 0.25) is 5.02 Å². The minimum absolute atomic E-state index is 0.457. The molecule has 4 heteroatoms. The van der Waals surface area contributed by atoms with Crippen molar-refractivity contribution in [3.8, 4) is 11.4 Å². The van der Waals surface area contributed by atoms with Crippen LogP contribution in [-0.2, 0) is 6.61 Å². The minimum atomic E-state index is 0.457. The molecule has 4 aromatic rings. The Morgan fingerprint density at radius 1 is 0.833 bits per heavy atom. The number of para-hydroxylation sites is 2. The summed E-state index contributed by atoms with van der Waals surface area (Å²) in [5.74, 6) is 0.706. The van der Waals surface area contributed by atoms with Crippen LogP contribution in [0, 0.1) is 0 Å². The van der Waals surface area contributed by atoms with Gasteiger partial charge < -0.3 is 4.84 Å². The van der Waals surface area contributed by atoms with E-state index in [9.17, 15) is 0 Å². The quantitative estimate of drug-likeness (QED) is 0.526. The van der Waals surface area contributed by atoms with Gasteiger partial charge in [0.05, 0.1) is 10.5 Å². The second-order valence-electron chi connectivity index (χ2n) is 5.46. The van der Waals surface area contributed by atoms with E-state index in [-0.39, 0.29) is 0 Å². The molecule has 0 aliphatic rings. The van der Waals surface area contributed by atoms with E-state index >= 15 is 0 Å². The fourth-order valence-corrected chi connectivity index (χ4v) is 2.88. The van der Waals surface area contributed by atoms with E-state index in [1.807, 2.05) is 78.9 Å². The van der Waals surface area contributed by atoms with E-state index in [2.05, 4.69) is 0 Å². The second-order valence-corrected chi connectivity index (χ2v) is 5.86. The molecule has 0 aliphatic heterocycles. The number of nitrogens with zero attached hydrogens (tertiary/aromatic N) is 2. The van der Waals surface area contributed by atoms with Gasteiger partial charge in [-0.05, 0) is 29.8 Å². The molecule has 3 nitrogen and oxygen atoms in total. The zero-order valence-electron chi connectivity index (χ0n) is 12.9. The van der Waals surface area contributed by atoms with Gasteiger partial charge in [0, 0.05) is 5.56 Å². The maximum Gasteiger partial charge on any atom is 0.178 e. The van der Waals surface area contributed by atoms with Crippen LogP contribution in [0.4, 0.5) is 0 Å². The molecule has 1 heterocycles. The van der Waals surface area contributed by atoms with Crippen LogP contribution >= 0.6 is 11.6 Å². The Morgan fingerprint density at radius 2 is 1.54 bits per heavy atom. The third-order valence-electron chi connectivity index (χ3n) is 3.84. The molecule has 24 heavy (non-hydrogen) atoms. The van der Waals surface area contributed by atoms with Crippen LogP contribution in [0.15, 0.2) is 78.9 Å². The van der Waals surface area contributed by atoms with Gasteiger partial charge in [-0.1, -0.05) is 66.2 Å². The molecule has 0 radical (unpaired) electrons. The number of imidazole rings is 1. The van der Waals surface area contributed by atoms with Gasteiger partial charge in [-0.25, -0.2) is 4.98 Å². The highest BCUT2D eigenvalue weighted by Gasteiger charge is 2.15. The van der Waals surface area contributed by atoms with Crippen molar-refractivity contribution in [3.63, 3.8) is 0 Å². The lowest BCUT2D eigenvalue weighted by molar-refractivity contribution is 0.110. The first kappa shape index (κ1) is 14.8. The Kier molecular flexibility index (Phi) is 3.93. The standard InChI is InChI=1S/C20H15ClN2O/c21-17-11-5-4-10-16(17)20-22-18-12-6-7-13-19(18)23(20)24-14-15-8-2-1-3-9-15/h1-13H,14H2. The summed E-state index contributed by atoms with van der Waals surface area (Å²) < 4.78 is 1.77. The van der Waals surface area contributed by atoms with E-state index in [1.54, 1.807) is 4.73 Å². The summed E-state index contributed by atoms with van der Waals surface area (Å²) in [5.41, 5.74) is 3.74. The van der Waals surface area contributed by atoms with E-state index in [1.165, 1.54) is 0 Å². The zero-order chi connectivity index (χ0) is 16.4. The Labute approximate surface area is 145 Å². The average molecular weight is 335 g/mol. The van der Waals surface area contributed by atoms with Crippen molar-refractivity contribution in [2.75, 3.05) is 0 Å². The number of rotatable bonds is 4. The van der Waals surface area contributed by atoms with Gasteiger partial charge in [0.1, 0.15) is 12.1 Å². The number of hydrogen-bond acceptors (Lipinski definition) is 2. The van der Waals surface area contributed by atoms with Crippen molar-refractivity contribution in [2.24, 2.45) is 0 Å². The summed E-state index contributed by atoms with van der Waals surface area (Å²) in [6.07, 6.45) is 0. The van der Waals surface area contributed by atoms with Crippen LogP contribution in [0.5, 0.6) is 0 Å². The summed E-state index contributed by atoms with van der Waals surface area (Å²) in [6.45, 7) is 0.457. The fourth-order valence-electron chi connectivity index (χ4n) is 2.66.